The fourth-order valence-corrected chi connectivity index (χ4v) is 2.33. The van der Waals surface area contributed by atoms with Crippen LogP contribution in [-0.4, -0.2) is 22.0 Å². The number of aliphatic carboxylic acids is 1. The Hall–Kier alpha value is -1.69. The van der Waals surface area contributed by atoms with Gasteiger partial charge in [0.25, 0.3) is 0 Å². The van der Waals surface area contributed by atoms with Crippen LogP contribution in [0.25, 0.3) is 6.08 Å². The highest BCUT2D eigenvalue weighted by atomic mass is 32.1. The third kappa shape index (κ3) is 3.40. The van der Waals surface area contributed by atoms with Crippen molar-refractivity contribution in [1.82, 2.24) is 4.98 Å². The molecule has 0 saturated heterocycles. The lowest BCUT2D eigenvalue weighted by Gasteiger charge is -2.08. The first-order valence-corrected chi connectivity index (χ1v) is 6.55. The van der Waals surface area contributed by atoms with Gasteiger partial charge in [0.05, 0.1) is 0 Å². The van der Waals surface area contributed by atoms with Crippen LogP contribution in [-0.2, 0) is 9.59 Å². The Balaban J connectivity index is 1.93. The van der Waals surface area contributed by atoms with Crippen LogP contribution in [0, 0.1) is 11.8 Å². The standard InChI is InChI=1S/C12H14N2O3S/c1-7(8-2-3-8)11(17)14-12-13-6-9(18-12)4-5-10(15)16/h4-8H,2-3H2,1H3,(H,15,16)(H,13,14,17)/b5-4+. The number of carbonyl (C=O) groups is 2. The van der Waals surface area contributed by atoms with E-state index in [0.717, 1.165) is 18.9 Å². The molecule has 0 aliphatic heterocycles. The molecule has 2 rings (SSSR count). The summed E-state index contributed by atoms with van der Waals surface area (Å²) >= 11 is 1.26. The highest BCUT2D eigenvalue weighted by Crippen LogP contribution is 2.37. The zero-order valence-corrected chi connectivity index (χ0v) is 10.7. The van der Waals surface area contributed by atoms with Crippen molar-refractivity contribution in [2.75, 3.05) is 5.32 Å². The number of carbonyl (C=O) groups excluding carboxylic acids is 1. The molecule has 0 spiro atoms. The fraction of sp³-hybridized carbons (Fsp3) is 0.417. The van der Waals surface area contributed by atoms with Gasteiger partial charge in [-0.15, -0.1) is 0 Å². The normalized spacial score (nSPS) is 16.7. The maximum absolute atomic E-state index is 11.8. The SMILES string of the molecule is CC(C(=O)Nc1ncc(/C=C/C(=O)O)s1)C1CC1. The van der Waals surface area contributed by atoms with Crippen molar-refractivity contribution in [2.45, 2.75) is 19.8 Å². The molecule has 1 saturated carbocycles. The Morgan fingerprint density at radius 3 is 2.94 bits per heavy atom. The predicted octanol–water partition coefficient (Wildman–Crippen LogP) is 2.23. The number of carboxylic acids is 1. The van der Waals surface area contributed by atoms with E-state index in [1.54, 1.807) is 6.20 Å². The van der Waals surface area contributed by atoms with E-state index in [1.807, 2.05) is 6.92 Å². The Morgan fingerprint density at radius 1 is 1.61 bits per heavy atom. The number of rotatable bonds is 5. The Bertz CT molecular complexity index is 491. The van der Waals surface area contributed by atoms with Crippen LogP contribution < -0.4 is 5.32 Å². The summed E-state index contributed by atoms with van der Waals surface area (Å²) in [5.74, 6) is -0.486. The predicted molar refractivity (Wildman–Crippen MR) is 69.3 cm³/mol. The smallest absolute Gasteiger partial charge is 0.328 e. The monoisotopic (exact) mass is 266 g/mol. The molecule has 1 aliphatic rings. The van der Waals surface area contributed by atoms with E-state index in [2.05, 4.69) is 10.3 Å². The molecular formula is C12H14N2O3S. The van der Waals surface area contributed by atoms with E-state index in [9.17, 15) is 9.59 Å². The van der Waals surface area contributed by atoms with E-state index in [-0.39, 0.29) is 11.8 Å². The van der Waals surface area contributed by atoms with E-state index in [4.69, 9.17) is 5.11 Å². The summed E-state index contributed by atoms with van der Waals surface area (Å²) in [6.45, 7) is 1.92. The van der Waals surface area contributed by atoms with Crippen LogP contribution in [0.5, 0.6) is 0 Å². The molecule has 6 heteroatoms. The molecule has 0 aromatic carbocycles. The maximum Gasteiger partial charge on any atom is 0.328 e. The number of nitrogens with zero attached hydrogens (tertiary/aromatic N) is 1. The molecule has 96 valence electrons. The van der Waals surface area contributed by atoms with E-state index in [0.29, 0.717) is 15.9 Å². The first kappa shape index (κ1) is 12.8. The van der Waals surface area contributed by atoms with Gasteiger partial charge < -0.3 is 10.4 Å². The highest BCUT2D eigenvalue weighted by Gasteiger charge is 2.32. The molecule has 18 heavy (non-hydrogen) atoms. The minimum atomic E-state index is -1.00. The van der Waals surface area contributed by atoms with Gasteiger partial charge in [0.2, 0.25) is 5.91 Å². The molecule has 1 fully saturated rings. The van der Waals surface area contributed by atoms with Crippen LogP contribution in [0.1, 0.15) is 24.6 Å². The second-order valence-electron chi connectivity index (χ2n) is 4.35. The molecule has 0 bridgehead atoms. The third-order valence-corrected chi connectivity index (χ3v) is 3.76. The van der Waals surface area contributed by atoms with Gasteiger partial charge in [0.1, 0.15) is 0 Å². The van der Waals surface area contributed by atoms with Gasteiger partial charge in [0, 0.05) is 23.1 Å². The molecular weight excluding hydrogens is 252 g/mol. The summed E-state index contributed by atoms with van der Waals surface area (Å²) in [5.41, 5.74) is 0. The minimum absolute atomic E-state index is 0.0133. The summed E-state index contributed by atoms with van der Waals surface area (Å²) in [6.07, 6.45) is 6.30. The van der Waals surface area contributed by atoms with Gasteiger partial charge >= 0.3 is 5.97 Å². The van der Waals surface area contributed by atoms with Gasteiger partial charge in [-0.2, -0.15) is 0 Å². The molecule has 1 heterocycles. The zero-order valence-electron chi connectivity index (χ0n) is 9.92. The van der Waals surface area contributed by atoms with Crippen molar-refractivity contribution in [3.05, 3.63) is 17.2 Å². The molecule has 1 aliphatic carbocycles. The van der Waals surface area contributed by atoms with E-state index < -0.39 is 5.97 Å². The second kappa shape index (κ2) is 5.30. The first-order chi connectivity index (χ1) is 8.56. The average Bonchev–Trinajstić information content (AvgIpc) is 3.07. The summed E-state index contributed by atoms with van der Waals surface area (Å²) < 4.78 is 0. The van der Waals surface area contributed by atoms with Crippen molar-refractivity contribution < 1.29 is 14.7 Å². The lowest BCUT2D eigenvalue weighted by molar-refractivity contribution is -0.131. The van der Waals surface area contributed by atoms with Crippen LogP contribution in [0.4, 0.5) is 5.13 Å². The van der Waals surface area contributed by atoms with Crippen molar-refractivity contribution in [3.63, 3.8) is 0 Å². The summed E-state index contributed by atoms with van der Waals surface area (Å²) in [7, 11) is 0. The molecule has 1 aromatic heterocycles. The maximum atomic E-state index is 11.8. The number of anilines is 1. The first-order valence-electron chi connectivity index (χ1n) is 5.74. The molecule has 0 radical (unpaired) electrons. The van der Waals surface area contributed by atoms with Crippen LogP contribution in [0.15, 0.2) is 12.3 Å². The van der Waals surface area contributed by atoms with Crippen molar-refractivity contribution in [3.8, 4) is 0 Å². The van der Waals surface area contributed by atoms with E-state index in [1.165, 1.54) is 17.4 Å². The lowest BCUT2D eigenvalue weighted by atomic mass is 10.1. The molecule has 2 N–H and O–H groups in total. The lowest BCUT2D eigenvalue weighted by Crippen LogP contribution is -2.21. The zero-order chi connectivity index (χ0) is 13.1. The summed E-state index contributed by atoms with van der Waals surface area (Å²) in [6, 6.07) is 0. The highest BCUT2D eigenvalue weighted by molar-refractivity contribution is 7.16. The summed E-state index contributed by atoms with van der Waals surface area (Å²) in [5, 5.41) is 11.8. The van der Waals surface area contributed by atoms with Crippen LogP contribution in [0.3, 0.4) is 0 Å². The van der Waals surface area contributed by atoms with Gasteiger partial charge in [-0.1, -0.05) is 18.3 Å². The van der Waals surface area contributed by atoms with Gasteiger partial charge in [-0.25, -0.2) is 9.78 Å². The number of aromatic nitrogens is 1. The molecule has 1 amide bonds. The Kier molecular flexibility index (Phi) is 3.76. The number of amides is 1. The number of nitrogens with one attached hydrogen (secondary N) is 1. The fourth-order valence-electron chi connectivity index (χ4n) is 1.60. The van der Waals surface area contributed by atoms with Gasteiger partial charge in [0.15, 0.2) is 5.13 Å². The molecule has 1 unspecified atom stereocenters. The second-order valence-corrected chi connectivity index (χ2v) is 5.42. The van der Waals surface area contributed by atoms with Gasteiger partial charge in [-0.05, 0) is 24.8 Å². The minimum Gasteiger partial charge on any atom is -0.478 e. The third-order valence-electron chi connectivity index (χ3n) is 2.89. The summed E-state index contributed by atoms with van der Waals surface area (Å²) in [4.78, 5) is 26.9. The Labute approximate surface area is 109 Å². The molecule has 1 atom stereocenters. The van der Waals surface area contributed by atoms with Crippen molar-refractivity contribution in [1.29, 1.82) is 0 Å². The topological polar surface area (TPSA) is 79.3 Å². The molecule has 1 aromatic rings. The molecule has 5 nitrogen and oxygen atoms in total. The number of hydrogen-bond acceptors (Lipinski definition) is 4. The van der Waals surface area contributed by atoms with Crippen LogP contribution >= 0.6 is 11.3 Å². The number of thiazole rings is 1. The quantitative estimate of drug-likeness (QED) is 0.801. The number of hydrogen-bond donors (Lipinski definition) is 2. The largest absolute Gasteiger partial charge is 0.478 e. The average molecular weight is 266 g/mol. The van der Waals surface area contributed by atoms with Crippen LogP contribution in [0.2, 0.25) is 0 Å². The van der Waals surface area contributed by atoms with Crippen molar-refractivity contribution in [2.24, 2.45) is 11.8 Å². The van der Waals surface area contributed by atoms with E-state index >= 15 is 0 Å². The van der Waals surface area contributed by atoms with Gasteiger partial charge in [-0.3, -0.25) is 4.79 Å². The number of carboxylic acid groups (broad SMARTS) is 1. The Morgan fingerprint density at radius 2 is 2.33 bits per heavy atom. The van der Waals surface area contributed by atoms with Crippen molar-refractivity contribution >= 4 is 34.4 Å².